The SMILES string of the molecule is CCOc1cc(/C=C(\C#N)C(=O)NCc2ccccc2)cc(Br)c1O. The Balaban J connectivity index is 2.19. The summed E-state index contributed by atoms with van der Waals surface area (Å²) in [5.41, 5.74) is 1.48. The van der Waals surface area contributed by atoms with E-state index in [1.807, 2.05) is 36.4 Å². The number of nitriles is 1. The summed E-state index contributed by atoms with van der Waals surface area (Å²) in [6, 6.07) is 14.5. The van der Waals surface area contributed by atoms with E-state index in [-0.39, 0.29) is 17.1 Å². The van der Waals surface area contributed by atoms with Crippen LogP contribution >= 0.6 is 15.9 Å². The van der Waals surface area contributed by atoms with Crippen LogP contribution in [0.25, 0.3) is 6.08 Å². The van der Waals surface area contributed by atoms with Gasteiger partial charge in [-0.15, -0.1) is 0 Å². The molecule has 1 amide bonds. The molecule has 0 heterocycles. The minimum atomic E-state index is -0.464. The van der Waals surface area contributed by atoms with Crippen LogP contribution in [0.2, 0.25) is 0 Å². The second-order valence-electron chi connectivity index (χ2n) is 5.12. The zero-order valence-corrected chi connectivity index (χ0v) is 15.2. The van der Waals surface area contributed by atoms with Crippen molar-refractivity contribution in [2.45, 2.75) is 13.5 Å². The third kappa shape index (κ3) is 5.10. The number of carbonyl (C=O) groups excluding carboxylic acids is 1. The Labute approximate surface area is 154 Å². The number of hydrogen-bond donors (Lipinski definition) is 2. The minimum absolute atomic E-state index is 0.0222. The van der Waals surface area contributed by atoms with Crippen LogP contribution in [-0.2, 0) is 11.3 Å². The topological polar surface area (TPSA) is 82.3 Å². The second kappa shape index (κ2) is 8.90. The number of nitrogens with one attached hydrogen (secondary N) is 1. The lowest BCUT2D eigenvalue weighted by atomic mass is 10.1. The van der Waals surface area contributed by atoms with Gasteiger partial charge < -0.3 is 15.2 Å². The summed E-state index contributed by atoms with van der Waals surface area (Å²) in [4.78, 5) is 12.2. The highest BCUT2D eigenvalue weighted by atomic mass is 79.9. The van der Waals surface area contributed by atoms with Gasteiger partial charge in [0.1, 0.15) is 11.6 Å². The van der Waals surface area contributed by atoms with E-state index in [2.05, 4.69) is 21.2 Å². The van der Waals surface area contributed by atoms with Gasteiger partial charge in [-0.3, -0.25) is 4.79 Å². The number of aromatic hydroxyl groups is 1. The van der Waals surface area contributed by atoms with Gasteiger partial charge >= 0.3 is 0 Å². The van der Waals surface area contributed by atoms with Crippen molar-refractivity contribution < 1.29 is 14.6 Å². The summed E-state index contributed by atoms with van der Waals surface area (Å²) >= 11 is 3.23. The van der Waals surface area contributed by atoms with E-state index in [0.717, 1.165) is 5.56 Å². The Morgan fingerprint density at radius 1 is 1.36 bits per heavy atom. The summed E-state index contributed by atoms with van der Waals surface area (Å²) in [5, 5.41) is 21.9. The van der Waals surface area contributed by atoms with E-state index in [4.69, 9.17) is 4.74 Å². The summed E-state index contributed by atoms with van der Waals surface area (Å²) in [6.07, 6.45) is 1.45. The zero-order chi connectivity index (χ0) is 18.2. The van der Waals surface area contributed by atoms with Crippen LogP contribution in [0.1, 0.15) is 18.1 Å². The highest BCUT2D eigenvalue weighted by Crippen LogP contribution is 2.36. The molecule has 0 aliphatic heterocycles. The summed E-state index contributed by atoms with van der Waals surface area (Å²) in [7, 11) is 0. The molecular formula is C19H17BrN2O3. The number of halogens is 1. The maximum absolute atomic E-state index is 12.2. The summed E-state index contributed by atoms with van der Waals surface area (Å²) < 4.78 is 5.77. The van der Waals surface area contributed by atoms with Crippen molar-refractivity contribution in [1.29, 1.82) is 5.26 Å². The Morgan fingerprint density at radius 2 is 2.08 bits per heavy atom. The number of amides is 1. The Kier molecular flexibility index (Phi) is 6.61. The highest BCUT2D eigenvalue weighted by molar-refractivity contribution is 9.10. The van der Waals surface area contributed by atoms with E-state index in [1.165, 1.54) is 6.08 Å². The minimum Gasteiger partial charge on any atom is -0.503 e. The molecule has 128 valence electrons. The third-order valence-electron chi connectivity index (χ3n) is 3.32. The molecule has 5 nitrogen and oxygen atoms in total. The van der Waals surface area contributed by atoms with E-state index in [9.17, 15) is 15.2 Å². The fourth-order valence-corrected chi connectivity index (χ4v) is 2.59. The van der Waals surface area contributed by atoms with Gasteiger partial charge in [-0.05, 0) is 52.2 Å². The van der Waals surface area contributed by atoms with E-state index in [0.29, 0.717) is 23.2 Å². The molecule has 0 aromatic heterocycles. The van der Waals surface area contributed by atoms with E-state index in [1.54, 1.807) is 19.1 Å². The highest BCUT2D eigenvalue weighted by Gasteiger charge is 2.12. The maximum atomic E-state index is 12.2. The van der Waals surface area contributed by atoms with Crippen molar-refractivity contribution in [2.24, 2.45) is 0 Å². The predicted molar refractivity (Wildman–Crippen MR) is 98.9 cm³/mol. The number of carbonyl (C=O) groups is 1. The first-order chi connectivity index (χ1) is 12.0. The average molecular weight is 401 g/mol. The molecule has 0 fully saturated rings. The van der Waals surface area contributed by atoms with E-state index < -0.39 is 5.91 Å². The molecule has 0 saturated carbocycles. The molecule has 0 saturated heterocycles. The average Bonchev–Trinajstić information content (AvgIpc) is 2.62. The first-order valence-electron chi connectivity index (χ1n) is 7.64. The quantitative estimate of drug-likeness (QED) is 0.570. The molecule has 0 aliphatic rings. The smallest absolute Gasteiger partial charge is 0.262 e. The molecule has 2 N–H and O–H groups in total. The first kappa shape index (κ1) is 18.6. The Bertz CT molecular complexity index is 827. The fourth-order valence-electron chi connectivity index (χ4n) is 2.13. The molecule has 0 atom stereocenters. The molecule has 2 aromatic rings. The first-order valence-corrected chi connectivity index (χ1v) is 8.43. The van der Waals surface area contributed by atoms with Gasteiger partial charge in [0.25, 0.3) is 5.91 Å². The number of nitrogens with zero attached hydrogens (tertiary/aromatic N) is 1. The number of ether oxygens (including phenoxy) is 1. The van der Waals surface area contributed by atoms with Crippen molar-refractivity contribution in [1.82, 2.24) is 5.32 Å². The molecule has 0 unspecified atom stereocenters. The van der Waals surface area contributed by atoms with Crippen LogP contribution in [0, 0.1) is 11.3 Å². The number of benzene rings is 2. The summed E-state index contributed by atoms with van der Waals surface area (Å²) in [5.74, 6) is -0.204. The lowest BCUT2D eigenvalue weighted by Crippen LogP contribution is -2.23. The molecular weight excluding hydrogens is 384 g/mol. The summed E-state index contributed by atoms with van der Waals surface area (Å²) in [6.45, 7) is 2.52. The number of phenols is 1. The van der Waals surface area contributed by atoms with Crippen molar-refractivity contribution in [2.75, 3.05) is 6.61 Å². The fraction of sp³-hybridized carbons (Fsp3) is 0.158. The Hall–Kier alpha value is -2.78. The normalized spacial score (nSPS) is 10.8. The molecule has 0 bridgehead atoms. The van der Waals surface area contributed by atoms with Crippen LogP contribution in [0.15, 0.2) is 52.5 Å². The van der Waals surface area contributed by atoms with Gasteiger partial charge in [0.05, 0.1) is 11.1 Å². The van der Waals surface area contributed by atoms with Gasteiger partial charge in [0, 0.05) is 6.54 Å². The molecule has 0 spiro atoms. The van der Waals surface area contributed by atoms with Gasteiger partial charge in [0.2, 0.25) is 0 Å². The van der Waals surface area contributed by atoms with Gasteiger partial charge in [0.15, 0.2) is 11.5 Å². The van der Waals surface area contributed by atoms with Crippen molar-refractivity contribution in [3.8, 4) is 17.6 Å². The largest absolute Gasteiger partial charge is 0.503 e. The maximum Gasteiger partial charge on any atom is 0.262 e. The van der Waals surface area contributed by atoms with Crippen LogP contribution in [0.5, 0.6) is 11.5 Å². The lowest BCUT2D eigenvalue weighted by Gasteiger charge is -2.09. The third-order valence-corrected chi connectivity index (χ3v) is 3.93. The van der Waals surface area contributed by atoms with Crippen molar-refractivity contribution in [3.05, 3.63) is 63.6 Å². The van der Waals surface area contributed by atoms with Gasteiger partial charge in [-0.1, -0.05) is 30.3 Å². The van der Waals surface area contributed by atoms with Crippen LogP contribution in [0.4, 0.5) is 0 Å². The van der Waals surface area contributed by atoms with Crippen LogP contribution in [-0.4, -0.2) is 17.6 Å². The van der Waals surface area contributed by atoms with Gasteiger partial charge in [-0.2, -0.15) is 5.26 Å². The number of phenolic OH excluding ortho intramolecular Hbond substituents is 1. The molecule has 2 rings (SSSR count). The van der Waals surface area contributed by atoms with Crippen LogP contribution in [0.3, 0.4) is 0 Å². The van der Waals surface area contributed by atoms with Crippen molar-refractivity contribution in [3.63, 3.8) is 0 Å². The van der Waals surface area contributed by atoms with E-state index >= 15 is 0 Å². The standard InChI is InChI=1S/C19H17BrN2O3/c1-2-25-17-10-14(9-16(20)18(17)23)8-15(11-21)19(24)22-12-13-6-4-3-5-7-13/h3-10,23H,2,12H2,1H3,(H,22,24)/b15-8+. The van der Waals surface area contributed by atoms with Crippen molar-refractivity contribution >= 4 is 27.9 Å². The second-order valence-corrected chi connectivity index (χ2v) is 5.97. The van der Waals surface area contributed by atoms with Crippen LogP contribution < -0.4 is 10.1 Å². The molecule has 2 aromatic carbocycles. The molecule has 0 aliphatic carbocycles. The predicted octanol–water partition coefficient (Wildman–Crippen LogP) is 3.78. The lowest BCUT2D eigenvalue weighted by molar-refractivity contribution is -0.117. The molecule has 25 heavy (non-hydrogen) atoms. The monoisotopic (exact) mass is 400 g/mol. The number of hydrogen-bond acceptors (Lipinski definition) is 4. The zero-order valence-electron chi connectivity index (χ0n) is 13.6. The number of rotatable bonds is 6. The molecule has 6 heteroatoms. The molecule has 0 radical (unpaired) electrons. The Morgan fingerprint density at radius 3 is 2.72 bits per heavy atom. The van der Waals surface area contributed by atoms with Gasteiger partial charge in [-0.25, -0.2) is 0 Å².